The molecule has 0 amide bonds. The summed E-state index contributed by atoms with van der Waals surface area (Å²) in [4.78, 5) is 3.71. The number of pyridine rings is 1. The van der Waals surface area contributed by atoms with E-state index < -0.39 is 18.2 Å². The number of halogens is 3. The predicted octanol–water partition coefficient (Wildman–Crippen LogP) is 1.43. The van der Waals surface area contributed by atoms with Crippen LogP contribution in [0.15, 0.2) is 23.4 Å². The van der Waals surface area contributed by atoms with E-state index in [0.717, 1.165) is 24.0 Å². The molecule has 0 aromatic carbocycles. The second-order valence-electron chi connectivity index (χ2n) is 3.03. The van der Waals surface area contributed by atoms with E-state index in [4.69, 9.17) is 10.2 Å². The van der Waals surface area contributed by atoms with Gasteiger partial charge in [-0.1, -0.05) is 0 Å². The highest BCUT2D eigenvalue weighted by molar-refractivity contribution is 7.99. The van der Waals surface area contributed by atoms with E-state index in [0.29, 0.717) is 5.03 Å². The van der Waals surface area contributed by atoms with Crippen LogP contribution in [0.25, 0.3) is 0 Å². The summed E-state index contributed by atoms with van der Waals surface area (Å²) in [6.07, 6.45) is -4.67. The highest BCUT2D eigenvalue weighted by Gasteiger charge is 2.31. The van der Waals surface area contributed by atoms with Gasteiger partial charge in [0.25, 0.3) is 0 Å². The van der Waals surface area contributed by atoms with Gasteiger partial charge in [-0.25, -0.2) is 4.98 Å². The second-order valence-corrected chi connectivity index (χ2v) is 4.07. The Morgan fingerprint density at radius 1 is 1.41 bits per heavy atom. The number of alkyl halides is 3. The Kier molecular flexibility index (Phi) is 5.03. The first-order valence-electron chi connectivity index (χ1n) is 4.54. The van der Waals surface area contributed by atoms with Gasteiger partial charge in [0, 0.05) is 5.75 Å². The molecule has 0 aliphatic carbocycles. The van der Waals surface area contributed by atoms with Crippen LogP contribution in [0.5, 0.6) is 5.75 Å². The molecule has 1 heterocycles. The third-order valence-corrected chi connectivity index (χ3v) is 2.67. The zero-order valence-corrected chi connectivity index (χ0v) is 9.33. The number of aliphatic hydroxyl groups excluding tert-OH is 2. The molecule has 17 heavy (non-hydrogen) atoms. The number of rotatable bonds is 5. The smallest absolute Gasteiger partial charge is 0.404 e. The van der Waals surface area contributed by atoms with Crippen molar-refractivity contribution in [2.24, 2.45) is 0 Å². The van der Waals surface area contributed by atoms with Gasteiger partial charge < -0.3 is 14.9 Å². The van der Waals surface area contributed by atoms with Crippen LogP contribution < -0.4 is 4.74 Å². The first-order valence-corrected chi connectivity index (χ1v) is 5.53. The van der Waals surface area contributed by atoms with Crippen molar-refractivity contribution < 1.29 is 28.1 Å². The van der Waals surface area contributed by atoms with Crippen LogP contribution in [0.4, 0.5) is 13.2 Å². The van der Waals surface area contributed by atoms with Crippen molar-refractivity contribution in [3.8, 4) is 5.75 Å². The fraction of sp³-hybridized carbons (Fsp3) is 0.444. The number of hydrogen-bond donors (Lipinski definition) is 2. The molecule has 2 N–H and O–H groups in total. The quantitative estimate of drug-likeness (QED) is 0.792. The minimum absolute atomic E-state index is 0.211. The molecule has 0 bridgehead atoms. The van der Waals surface area contributed by atoms with Crippen LogP contribution in [-0.4, -0.2) is 40.0 Å². The van der Waals surface area contributed by atoms with Gasteiger partial charge in [0.2, 0.25) is 0 Å². The van der Waals surface area contributed by atoms with Gasteiger partial charge in [-0.2, -0.15) is 0 Å². The van der Waals surface area contributed by atoms with Crippen LogP contribution in [0.3, 0.4) is 0 Å². The topological polar surface area (TPSA) is 62.6 Å². The van der Waals surface area contributed by atoms with Crippen LogP contribution in [0.2, 0.25) is 0 Å². The molecule has 0 saturated heterocycles. The van der Waals surface area contributed by atoms with Crippen LogP contribution in [0, 0.1) is 0 Å². The van der Waals surface area contributed by atoms with Crippen molar-refractivity contribution >= 4 is 11.8 Å². The normalized spacial score (nSPS) is 13.5. The Labute approximate surface area is 99.4 Å². The molecule has 96 valence electrons. The summed E-state index contributed by atoms with van der Waals surface area (Å²) in [5.74, 6) is -0.187. The van der Waals surface area contributed by atoms with E-state index in [-0.39, 0.29) is 12.4 Å². The number of ether oxygens (including phenoxy) is 1. The summed E-state index contributed by atoms with van der Waals surface area (Å²) < 4.78 is 39.1. The molecule has 0 fully saturated rings. The average Bonchev–Trinajstić information content (AvgIpc) is 2.25. The molecule has 1 atom stereocenters. The molecule has 0 aliphatic rings. The SMILES string of the molecule is OCC(O)CSc1ccc(OC(F)(F)F)cn1. The maximum absolute atomic E-state index is 11.8. The second kappa shape index (κ2) is 6.08. The zero-order chi connectivity index (χ0) is 12.9. The zero-order valence-electron chi connectivity index (χ0n) is 8.52. The number of hydrogen-bond acceptors (Lipinski definition) is 5. The third-order valence-electron chi connectivity index (χ3n) is 1.58. The Hall–Kier alpha value is -0.990. The van der Waals surface area contributed by atoms with Gasteiger partial charge in [0.05, 0.1) is 23.9 Å². The van der Waals surface area contributed by atoms with Gasteiger partial charge in [0.1, 0.15) is 5.75 Å². The van der Waals surface area contributed by atoms with E-state index in [2.05, 4.69) is 9.72 Å². The van der Waals surface area contributed by atoms with Crippen molar-refractivity contribution in [3.05, 3.63) is 18.3 Å². The lowest BCUT2D eigenvalue weighted by atomic mass is 10.4. The molecule has 1 unspecified atom stereocenters. The van der Waals surface area contributed by atoms with Crippen molar-refractivity contribution in [3.63, 3.8) is 0 Å². The van der Waals surface area contributed by atoms with Crippen LogP contribution in [0.1, 0.15) is 0 Å². The minimum atomic E-state index is -4.73. The Balaban J connectivity index is 2.50. The summed E-state index contributed by atoms with van der Waals surface area (Å²) in [5, 5.41) is 18.0. The van der Waals surface area contributed by atoms with E-state index >= 15 is 0 Å². The number of aromatic nitrogens is 1. The number of nitrogens with zero attached hydrogens (tertiary/aromatic N) is 1. The summed E-state index contributed by atoms with van der Waals surface area (Å²) in [6.45, 7) is -0.373. The molecular formula is C9H10F3NO3S. The van der Waals surface area contributed by atoms with Crippen LogP contribution in [-0.2, 0) is 0 Å². The molecule has 8 heteroatoms. The lowest BCUT2D eigenvalue weighted by Crippen LogP contribution is -2.17. The average molecular weight is 269 g/mol. The highest BCUT2D eigenvalue weighted by atomic mass is 32.2. The largest absolute Gasteiger partial charge is 0.573 e. The number of aliphatic hydroxyl groups is 2. The van der Waals surface area contributed by atoms with E-state index in [1.807, 2.05) is 0 Å². The molecular weight excluding hydrogens is 259 g/mol. The fourth-order valence-corrected chi connectivity index (χ4v) is 1.64. The van der Waals surface area contributed by atoms with Gasteiger partial charge in [-0.05, 0) is 12.1 Å². The first kappa shape index (κ1) is 14.1. The molecule has 1 aromatic rings. The van der Waals surface area contributed by atoms with Gasteiger partial charge in [-0.15, -0.1) is 24.9 Å². The monoisotopic (exact) mass is 269 g/mol. The number of thioether (sulfide) groups is 1. The first-order chi connectivity index (χ1) is 7.90. The highest BCUT2D eigenvalue weighted by Crippen LogP contribution is 2.24. The molecule has 1 rings (SSSR count). The molecule has 0 radical (unpaired) electrons. The lowest BCUT2D eigenvalue weighted by molar-refractivity contribution is -0.274. The van der Waals surface area contributed by atoms with Crippen molar-refractivity contribution in [1.82, 2.24) is 4.98 Å². The molecule has 4 nitrogen and oxygen atoms in total. The minimum Gasteiger partial charge on any atom is -0.404 e. The maximum Gasteiger partial charge on any atom is 0.573 e. The van der Waals surface area contributed by atoms with Gasteiger partial charge in [-0.3, -0.25) is 0 Å². The van der Waals surface area contributed by atoms with E-state index in [1.165, 1.54) is 6.07 Å². The van der Waals surface area contributed by atoms with Gasteiger partial charge in [0.15, 0.2) is 0 Å². The summed E-state index contributed by atoms with van der Waals surface area (Å²) in [7, 11) is 0. The van der Waals surface area contributed by atoms with Crippen molar-refractivity contribution in [2.45, 2.75) is 17.5 Å². The van der Waals surface area contributed by atoms with Gasteiger partial charge >= 0.3 is 6.36 Å². The van der Waals surface area contributed by atoms with Crippen LogP contribution >= 0.6 is 11.8 Å². The fourth-order valence-electron chi connectivity index (χ4n) is 0.880. The predicted molar refractivity (Wildman–Crippen MR) is 54.7 cm³/mol. The Morgan fingerprint density at radius 2 is 2.12 bits per heavy atom. The third kappa shape index (κ3) is 5.76. The standard InChI is InChI=1S/C9H10F3NO3S/c10-9(11,12)16-7-1-2-8(13-3-7)17-5-6(15)4-14/h1-3,6,14-15H,4-5H2. The molecule has 0 aliphatic heterocycles. The maximum atomic E-state index is 11.8. The molecule has 0 spiro atoms. The summed E-state index contributed by atoms with van der Waals surface area (Å²) in [5.41, 5.74) is 0. The Morgan fingerprint density at radius 3 is 2.59 bits per heavy atom. The van der Waals surface area contributed by atoms with Crippen molar-refractivity contribution in [1.29, 1.82) is 0 Å². The lowest BCUT2D eigenvalue weighted by Gasteiger charge is -2.09. The molecule has 1 aromatic heterocycles. The van der Waals surface area contributed by atoms with E-state index in [9.17, 15) is 13.2 Å². The molecule has 0 saturated carbocycles. The van der Waals surface area contributed by atoms with Crippen molar-refractivity contribution in [2.75, 3.05) is 12.4 Å². The Bertz CT molecular complexity index is 344. The summed E-state index contributed by atoms with van der Waals surface area (Å²) >= 11 is 1.12. The van der Waals surface area contributed by atoms with E-state index in [1.54, 1.807) is 0 Å². The summed E-state index contributed by atoms with van der Waals surface area (Å²) in [6, 6.07) is 2.48.